The zero-order valence-corrected chi connectivity index (χ0v) is 12.1. The Morgan fingerprint density at radius 2 is 2.21 bits per heavy atom. The Bertz CT molecular complexity index is 395. The molecule has 5 heteroatoms. The molecule has 0 saturated carbocycles. The van der Waals surface area contributed by atoms with Gasteiger partial charge in [-0.15, -0.1) is 0 Å². The molecule has 0 spiro atoms. The average Bonchev–Trinajstić information content (AvgIpc) is 2.77. The molecule has 0 aliphatic heterocycles. The van der Waals surface area contributed by atoms with Gasteiger partial charge in [0.25, 0.3) is 5.91 Å². The smallest absolute Gasteiger partial charge is 0.269 e. The van der Waals surface area contributed by atoms with E-state index in [1.807, 2.05) is 13.8 Å². The predicted molar refractivity (Wildman–Crippen MR) is 75.1 cm³/mol. The number of hydrogen-bond donors (Lipinski definition) is 2. The summed E-state index contributed by atoms with van der Waals surface area (Å²) < 4.78 is 1.71. The normalized spacial score (nSPS) is 12.4. The molecule has 1 aromatic rings. The van der Waals surface area contributed by atoms with E-state index in [2.05, 4.69) is 17.3 Å². The van der Waals surface area contributed by atoms with Crippen molar-refractivity contribution in [3.63, 3.8) is 0 Å². The van der Waals surface area contributed by atoms with Crippen molar-refractivity contribution in [2.75, 3.05) is 13.2 Å². The highest BCUT2D eigenvalue weighted by molar-refractivity contribution is 5.92. The Morgan fingerprint density at radius 1 is 1.47 bits per heavy atom. The van der Waals surface area contributed by atoms with E-state index in [9.17, 15) is 4.79 Å². The molecular weight excluding hydrogens is 242 g/mol. The zero-order valence-electron chi connectivity index (χ0n) is 12.1. The first-order valence-electron chi connectivity index (χ1n) is 7.05. The van der Waals surface area contributed by atoms with E-state index in [0.29, 0.717) is 24.7 Å². The summed E-state index contributed by atoms with van der Waals surface area (Å²) in [5.74, 6) is 0.263. The first-order chi connectivity index (χ1) is 9.12. The molecule has 0 radical (unpaired) electrons. The molecule has 5 nitrogen and oxygen atoms in total. The molecule has 1 rings (SSSR count). The molecule has 0 aliphatic carbocycles. The number of carbonyl (C=O) groups is 1. The molecule has 1 aromatic heterocycles. The lowest BCUT2D eigenvalue weighted by atomic mass is 10.0. The molecule has 0 saturated heterocycles. The molecule has 1 amide bonds. The fraction of sp³-hybridized carbons (Fsp3) is 0.714. The lowest BCUT2D eigenvalue weighted by molar-refractivity contribution is 0.0932. The van der Waals surface area contributed by atoms with Crippen molar-refractivity contribution in [3.05, 3.63) is 17.5 Å². The molecule has 0 aliphatic rings. The van der Waals surface area contributed by atoms with Gasteiger partial charge < -0.3 is 10.4 Å². The van der Waals surface area contributed by atoms with Crippen LogP contribution in [0.1, 0.15) is 49.3 Å². The van der Waals surface area contributed by atoms with Crippen LogP contribution in [0.2, 0.25) is 0 Å². The van der Waals surface area contributed by atoms with Gasteiger partial charge in [0.2, 0.25) is 0 Å². The molecule has 108 valence electrons. The van der Waals surface area contributed by atoms with Crippen LogP contribution >= 0.6 is 0 Å². The quantitative estimate of drug-likeness (QED) is 0.754. The van der Waals surface area contributed by atoms with Gasteiger partial charge in [0, 0.05) is 19.7 Å². The number of aliphatic hydroxyl groups excluding tert-OH is 1. The molecule has 1 unspecified atom stereocenters. The summed E-state index contributed by atoms with van der Waals surface area (Å²) in [4.78, 5) is 12.1. The van der Waals surface area contributed by atoms with Gasteiger partial charge in [0.15, 0.2) is 0 Å². The highest BCUT2D eigenvalue weighted by Gasteiger charge is 2.15. The van der Waals surface area contributed by atoms with E-state index in [4.69, 9.17) is 5.11 Å². The van der Waals surface area contributed by atoms with E-state index in [-0.39, 0.29) is 12.5 Å². The van der Waals surface area contributed by atoms with Crippen molar-refractivity contribution in [3.8, 4) is 0 Å². The Hall–Kier alpha value is -1.36. The minimum atomic E-state index is -0.0820. The number of rotatable bonds is 8. The van der Waals surface area contributed by atoms with E-state index in [0.717, 1.165) is 25.0 Å². The van der Waals surface area contributed by atoms with E-state index < -0.39 is 0 Å². The van der Waals surface area contributed by atoms with Gasteiger partial charge in [0.05, 0.1) is 5.69 Å². The second-order valence-electron chi connectivity index (χ2n) is 4.86. The number of hydrogen-bond acceptors (Lipinski definition) is 3. The Balaban J connectivity index is 2.58. The van der Waals surface area contributed by atoms with Crippen LogP contribution in [0, 0.1) is 12.8 Å². The number of nitrogens with one attached hydrogen (secondary N) is 1. The highest BCUT2D eigenvalue weighted by atomic mass is 16.3. The number of aromatic nitrogens is 2. The minimum Gasteiger partial charge on any atom is -0.396 e. The molecule has 2 N–H and O–H groups in total. The first-order valence-corrected chi connectivity index (χ1v) is 7.05. The third-order valence-corrected chi connectivity index (χ3v) is 3.22. The van der Waals surface area contributed by atoms with Crippen molar-refractivity contribution >= 4 is 5.91 Å². The van der Waals surface area contributed by atoms with Gasteiger partial charge in [-0.25, -0.2) is 0 Å². The van der Waals surface area contributed by atoms with Gasteiger partial charge >= 0.3 is 0 Å². The van der Waals surface area contributed by atoms with Crippen LogP contribution in [0.3, 0.4) is 0 Å². The second kappa shape index (κ2) is 7.94. The van der Waals surface area contributed by atoms with Gasteiger partial charge in [-0.2, -0.15) is 5.10 Å². The topological polar surface area (TPSA) is 67.2 Å². The van der Waals surface area contributed by atoms with Crippen LogP contribution in [-0.2, 0) is 6.54 Å². The largest absolute Gasteiger partial charge is 0.396 e. The predicted octanol–water partition coefficient (Wildman–Crippen LogP) is 1.74. The summed E-state index contributed by atoms with van der Waals surface area (Å²) in [6.07, 6.45) is 2.82. The molecular formula is C14H25N3O2. The molecule has 0 fully saturated rings. The standard InChI is InChI=1S/C14H25N3O2/c1-4-6-12(7-8-18)10-15-14(19)13-9-11(3)16-17(13)5-2/h9,12,18H,4-8,10H2,1-3H3,(H,15,19). The maximum Gasteiger partial charge on any atom is 0.269 e. The van der Waals surface area contributed by atoms with Crippen LogP contribution in [0.25, 0.3) is 0 Å². The number of aliphatic hydroxyl groups is 1. The summed E-state index contributed by atoms with van der Waals surface area (Å²) in [5, 5.41) is 16.2. The van der Waals surface area contributed by atoms with Crippen LogP contribution in [0.15, 0.2) is 6.07 Å². The van der Waals surface area contributed by atoms with Crippen LogP contribution in [0.4, 0.5) is 0 Å². The first kappa shape index (κ1) is 15.7. The highest BCUT2D eigenvalue weighted by Crippen LogP contribution is 2.10. The minimum absolute atomic E-state index is 0.0820. The summed E-state index contributed by atoms with van der Waals surface area (Å²) in [6, 6.07) is 1.81. The lowest BCUT2D eigenvalue weighted by Crippen LogP contribution is -2.31. The van der Waals surface area contributed by atoms with Crippen molar-refractivity contribution < 1.29 is 9.90 Å². The SMILES string of the molecule is CCCC(CCO)CNC(=O)c1cc(C)nn1CC. The van der Waals surface area contributed by atoms with Crippen LogP contribution in [-0.4, -0.2) is 33.9 Å². The fourth-order valence-corrected chi connectivity index (χ4v) is 2.24. The Morgan fingerprint density at radius 3 is 2.79 bits per heavy atom. The monoisotopic (exact) mass is 267 g/mol. The summed E-state index contributed by atoms with van der Waals surface area (Å²) in [5.41, 5.74) is 1.46. The number of nitrogens with zero attached hydrogens (tertiary/aromatic N) is 2. The van der Waals surface area contributed by atoms with Gasteiger partial charge in [-0.05, 0) is 38.7 Å². The zero-order chi connectivity index (χ0) is 14.3. The van der Waals surface area contributed by atoms with Crippen molar-refractivity contribution in [2.24, 2.45) is 5.92 Å². The van der Waals surface area contributed by atoms with E-state index >= 15 is 0 Å². The third-order valence-electron chi connectivity index (χ3n) is 3.22. The summed E-state index contributed by atoms with van der Waals surface area (Å²) in [7, 11) is 0. The molecule has 0 aromatic carbocycles. The lowest BCUT2D eigenvalue weighted by Gasteiger charge is -2.15. The van der Waals surface area contributed by atoms with Crippen molar-refractivity contribution in [2.45, 2.75) is 46.6 Å². The summed E-state index contributed by atoms with van der Waals surface area (Å²) in [6.45, 7) is 7.44. The Labute approximate surface area is 115 Å². The molecule has 1 atom stereocenters. The molecule has 0 bridgehead atoms. The maximum absolute atomic E-state index is 12.1. The van der Waals surface area contributed by atoms with Gasteiger partial charge in [-0.3, -0.25) is 9.48 Å². The van der Waals surface area contributed by atoms with Crippen molar-refractivity contribution in [1.82, 2.24) is 15.1 Å². The maximum atomic E-state index is 12.1. The third kappa shape index (κ3) is 4.67. The fourth-order valence-electron chi connectivity index (χ4n) is 2.24. The van der Waals surface area contributed by atoms with Crippen LogP contribution in [0.5, 0.6) is 0 Å². The van der Waals surface area contributed by atoms with Gasteiger partial charge in [0.1, 0.15) is 5.69 Å². The molecule has 1 heterocycles. The number of aryl methyl sites for hydroxylation is 2. The number of carbonyl (C=O) groups excluding carboxylic acids is 1. The van der Waals surface area contributed by atoms with E-state index in [1.54, 1.807) is 10.7 Å². The average molecular weight is 267 g/mol. The Kier molecular flexibility index (Phi) is 6.56. The van der Waals surface area contributed by atoms with E-state index in [1.165, 1.54) is 0 Å². The molecule has 19 heavy (non-hydrogen) atoms. The second-order valence-corrected chi connectivity index (χ2v) is 4.86. The van der Waals surface area contributed by atoms with Crippen LogP contribution < -0.4 is 5.32 Å². The van der Waals surface area contributed by atoms with Crippen molar-refractivity contribution in [1.29, 1.82) is 0 Å². The summed E-state index contributed by atoms with van der Waals surface area (Å²) >= 11 is 0. The number of amides is 1. The van der Waals surface area contributed by atoms with Gasteiger partial charge in [-0.1, -0.05) is 13.3 Å².